The molecule has 2 N–H and O–H groups in total. The minimum Gasteiger partial charge on any atom is -0.390 e. The molecular weight excluding hydrogens is 419 g/mol. The third-order valence-corrected chi connectivity index (χ3v) is 7.57. The topological polar surface area (TPSA) is 67.2 Å². The predicted octanol–water partition coefficient (Wildman–Crippen LogP) is 4.68. The lowest BCUT2D eigenvalue weighted by atomic mass is 9.52. The molecule has 2 aromatic rings. The molecule has 6 rings (SSSR count). The summed E-state index contributed by atoms with van der Waals surface area (Å²) in [7, 11) is 0. The SMILES string of the molecule is CC(C)c1c(C(=O)NC2C3CC4CC2CC(O)(C4)C3)cnn1-c1ccccc1C(F)(F)F. The normalized spacial score (nSPS) is 31.3. The Kier molecular flexibility index (Phi) is 4.93. The number of carbonyl (C=O) groups excluding carboxylic acids is 1. The van der Waals surface area contributed by atoms with Gasteiger partial charge in [0.2, 0.25) is 0 Å². The van der Waals surface area contributed by atoms with E-state index in [1.807, 2.05) is 13.8 Å². The van der Waals surface area contributed by atoms with Gasteiger partial charge in [0.15, 0.2) is 0 Å². The van der Waals surface area contributed by atoms with Crippen molar-refractivity contribution in [3.05, 3.63) is 47.3 Å². The number of benzene rings is 1. The van der Waals surface area contributed by atoms with Gasteiger partial charge in [-0.05, 0) is 67.9 Å². The van der Waals surface area contributed by atoms with Crippen LogP contribution < -0.4 is 5.32 Å². The molecule has 4 saturated carbocycles. The van der Waals surface area contributed by atoms with Gasteiger partial charge in [0, 0.05) is 6.04 Å². The van der Waals surface area contributed by atoms with Crippen LogP contribution in [0.15, 0.2) is 30.5 Å². The van der Waals surface area contributed by atoms with E-state index in [1.54, 1.807) is 0 Å². The number of carbonyl (C=O) groups is 1. The van der Waals surface area contributed by atoms with E-state index in [1.165, 1.54) is 29.1 Å². The standard InChI is InChI=1S/C24H28F3N3O2/c1-13(2)21-17(12-28-30(21)19-6-4-3-5-18(19)24(25,26)27)22(31)29-20-15-7-14-8-16(20)11-23(32,9-14)10-15/h3-6,12-16,20,32H,7-11H2,1-2H3,(H,29,31). The van der Waals surface area contributed by atoms with E-state index in [-0.39, 0.29) is 35.4 Å². The second kappa shape index (κ2) is 7.33. The van der Waals surface area contributed by atoms with Gasteiger partial charge in [-0.2, -0.15) is 18.3 Å². The number of aromatic nitrogens is 2. The molecule has 0 aliphatic heterocycles. The van der Waals surface area contributed by atoms with Crippen LogP contribution in [0, 0.1) is 17.8 Å². The minimum atomic E-state index is -4.53. The summed E-state index contributed by atoms with van der Waals surface area (Å²) in [6.45, 7) is 3.69. The average Bonchev–Trinajstić information content (AvgIpc) is 3.14. The van der Waals surface area contributed by atoms with Gasteiger partial charge in [-0.15, -0.1) is 0 Å². The zero-order chi connectivity index (χ0) is 22.8. The molecule has 1 aromatic heterocycles. The molecule has 2 atom stereocenters. The van der Waals surface area contributed by atoms with Crippen LogP contribution in [0.5, 0.6) is 0 Å². The summed E-state index contributed by atoms with van der Waals surface area (Å²) < 4.78 is 42.0. The van der Waals surface area contributed by atoms with Crippen LogP contribution in [0.1, 0.15) is 73.5 Å². The molecule has 1 amide bonds. The number of hydrogen-bond acceptors (Lipinski definition) is 3. The number of alkyl halides is 3. The van der Waals surface area contributed by atoms with Crippen molar-refractivity contribution in [3.8, 4) is 5.69 Å². The summed E-state index contributed by atoms with van der Waals surface area (Å²) in [5.41, 5.74) is -0.690. The van der Waals surface area contributed by atoms with E-state index in [4.69, 9.17) is 0 Å². The molecule has 2 unspecified atom stereocenters. The Bertz CT molecular complexity index is 1030. The molecule has 1 aromatic carbocycles. The number of aliphatic hydroxyl groups is 1. The van der Waals surface area contributed by atoms with E-state index in [0.717, 1.165) is 25.3 Å². The lowest BCUT2D eigenvalue weighted by Crippen LogP contribution is -2.61. The van der Waals surface area contributed by atoms with Crippen molar-refractivity contribution < 1.29 is 23.1 Å². The van der Waals surface area contributed by atoms with Gasteiger partial charge in [0.25, 0.3) is 5.91 Å². The van der Waals surface area contributed by atoms with Gasteiger partial charge in [0.05, 0.1) is 34.3 Å². The Labute approximate surface area is 185 Å². The molecule has 4 aliphatic rings. The summed E-state index contributed by atoms with van der Waals surface area (Å²) in [4.78, 5) is 13.3. The monoisotopic (exact) mass is 447 g/mol. The molecule has 0 spiro atoms. The van der Waals surface area contributed by atoms with Gasteiger partial charge < -0.3 is 10.4 Å². The Morgan fingerprint density at radius 3 is 2.44 bits per heavy atom. The second-order valence-corrected chi connectivity index (χ2v) is 10.2. The summed E-state index contributed by atoms with van der Waals surface area (Å²) in [6, 6.07) is 5.28. The fourth-order valence-corrected chi connectivity index (χ4v) is 6.62. The first kappa shape index (κ1) is 21.5. The lowest BCUT2D eigenvalue weighted by molar-refractivity contribution is -0.137. The summed E-state index contributed by atoms with van der Waals surface area (Å²) in [5.74, 6) is 0.517. The molecule has 0 saturated heterocycles. The van der Waals surface area contributed by atoms with Crippen molar-refractivity contribution in [3.63, 3.8) is 0 Å². The quantitative estimate of drug-likeness (QED) is 0.715. The number of amides is 1. The molecule has 0 radical (unpaired) electrons. The Hall–Kier alpha value is -2.35. The molecule has 1 heterocycles. The first-order valence-electron chi connectivity index (χ1n) is 11.3. The van der Waals surface area contributed by atoms with Crippen molar-refractivity contribution in [2.45, 2.75) is 69.7 Å². The number of para-hydroxylation sites is 1. The molecule has 4 aliphatic carbocycles. The van der Waals surface area contributed by atoms with Crippen molar-refractivity contribution in [1.29, 1.82) is 0 Å². The van der Waals surface area contributed by atoms with E-state index in [0.29, 0.717) is 30.0 Å². The lowest BCUT2D eigenvalue weighted by Gasteiger charge is -2.58. The van der Waals surface area contributed by atoms with E-state index in [9.17, 15) is 23.1 Å². The minimum absolute atomic E-state index is 0.00912. The molecule has 5 nitrogen and oxygen atoms in total. The summed E-state index contributed by atoms with van der Waals surface area (Å²) in [5, 5.41) is 18.2. The number of nitrogens with one attached hydrogen (secondary N) is 1. The number of rotatable bonds is 4. The highest BCUT2D eigenvalue weighted by atomic mass is 19.4. The van der Waals surface area contributed by atoms with E-state index in [2.05, 4.69) is 10.4 Å². The van der Waals surface area contributed by atoms with Crippen LogP contribution in [-0.2, 0) is 6.18 Å². The molecule has 32 heavy (non-hydrogen) atoms. The molecule has 8 heteroatoms. The summed E-state index contributed by atoms with van der Waals surface area (Å²) in [6.07, 6.45) is 1.16. The summed E-state index contributed by atoms with van der Waals surface area (Å²) >= 11 is 0. The Morgan fingerprint density at radius 1 is 1.19 bits per heavy atom. The molecular formula is C24H28F3N3O2. The Morgan fingerprint density at radius 2 is 1.84 bits per heavy atom. The van der Waals surface area contributed by atoms with Crippen molar-refractivity contribution in [2.75, 3.05) is 0 Å². The van der Waals surface area contributed by atoms with E-state index < -0.39 is 17.3 Å². The number of nitrogens with zero attached hydrogens (tertiary/aromatic N) is 2. The fourth-order valence-electron chi connectivity index (χ4n) is 6.62. The van der Waals surface area contributed by atoms with Gasteiger partial charge >= 0.3 is 6.18 Å². The van der Waals surface area contributed by atoms with Crippen molar-refractivity contribution in [1.82, 2.24) is 15.1 Å². The van der Waals surface area contributed by atoms with Crippen LogP contribution in [-0.4, -0.2) is 32.4 Å². The first-order valence-corrected chi connectivity index (χ1v) is 11.3. The molecule has 4 bridgehead atoms. The largest absolute Gasteiger partial charge is 0.418 e. The number of halogens is 3. The van der Waals surface area contributed by atoms with Gasteiger partial charge in [-0.25, -0.2) is 4.68 Å². The van der Waals surface area contributed by atoms with Crippen molar-refractivity contribution >= 4 is 5.91 Å². The predicted molar refractivity (Wildman–Crippen MR) is 112 cm³/mol. The van der Waals surface area contributed by atoms with Crippen LogP contribution in [0.2, 0.25) is 0 Å². The smallest absolute Gasteiger partial charge is 0.390 e. The second-order valence-electron chi connectivity index (χ2n) is 10.2. The highest BCUT2D eigenvalue weighted by Crippen LogP contribution is 2.55. The maximum atomic E-state index is 13.6. The van der Waals surface area contributed by atoms with Crippen LogP contribution in [0.3, 0.4) is 0 Å². The zero-order valence-electron chi connectivity index (χ0n) is 18.2. The zero-order valence-corrected chi connectivity index (χ0v) is 18.2. The third kappa shape index (κ3) is 3.52. The molecule has 4 fully saturated rings. The van der Waals surface area contributed by atoms with Crippen LogP contribution in [0.25, 0.3) is 5.69 Å². The van der Waals surface area contributed by atoms with Gasteiger partial charge in [-0.3, -0.25) is 4.79 Å². The maximum absolute atomic E-state index is 13.6. The third-order valence-electron chi connectivity index (χ3n) is 7.57. The highest BCUT2D eigenvalue weighted by molar-refractivity contribution is 5.95. The molecule has 172 valence electrons. The maximum Gasteiger partial charge on any atom is 0.418 e. The van der Waals surface area contributed by atoms with E-state index >= 15 is 0 Å². The van der Waals surface area contributed by atoms with Crippen LogP contribution >= 0.6 is 0 Å². The highest BCUT2D eigenvalue weighted by Gasteiger charge is 2.55. The number of hydrogen-bond donors (Lipinski definition) is 2. The van der Waals surface area contributed by atoms with Gasteiger partial charge in [0.1, 0.15) is 0 Å². The fraction of sp³-hybridized carbons (Fsp3) is 0.583. The van der Waals surface area contributed by atoms with Crippen molar-refractivity contribution in [2.24, 2.45) is 17.8 Å². The first-order chi connectivity index (χ1) is 15.1. The average molecular weight is 448 g/mol. The Balaban J connectivity index is 1.46. The van der Waals surface area contributed by atoms with Gasteiger partial charge in [-0.1, -0.05) is 26.0 Å². The van der Waals surface area contributed by atoms with Crippen LogP contribution in [0.4, 0.5) is 13.2 Å².